The molecule has 0 radical (unpaired) electrons. The number of rotatable bonds is 3. The molecule has 0 unspecified atom stereocenters. The Labute approximate surface area is 137 Å². The average molecular weight is 323 g/mol. The highest BCUT2D eigenvalue weighted by atomic mass is 19.1. The van der Waals surface area contributed by atoms with E-state index < -0.39 is 5.91 Å². The molecule has 0 aliphatic carbocycles. The number of anilines is 1. The summed E-state index contributed by atoms with van der Waals surface area (Å²) in [6.07, 6.45) is 0. The van der Waals surface area contributed by atoms with Crippen LogP contribution in [0.2, 0.25) is 0 Å². The molecule has 120 valence electrons. The number of benzene rings is 2. The molecular weight excluding hydrogens is 309 g/mol. The fraction of sp³-hybridized carbons (Fsp3) is 0.0556. The zero-order valence-electron chi connectivity index (χ0n) is 12.9. The number of nitrogens with zero attached hydrogens (tertiary/aromatic N) is 2. The lowest BCUT2D eigenvalue weighted by atomic mass is 10.1. The van der Waals surface area contributed by atoms with E-state index in [0.29, 0.717) is 5.69 Å². The fourth-order valence-corrected chi connectivity index (χ4v) is 2.21. The van der Waals surface area contributed by atoms with E-state index >= 15 is 0 Å². The number of aromatic nitrogens is 2. The van der Waals surface area contributed by atoms with Gasteiger partial charge >= 0.3 is 0 Å². The van der Waals surface area contributed by atoms with Gasteiger partial charge in [-0.15, -0.1) is 0 Å². The van der Waals surface area contributed by atoms with Crippen LogP contribution in [-0.2, 0) is 7.05 Å². The maximum atomic E-state index is 12.9. The number of hydrogen-bond acceptors (Lipinski definition) is 3. The van der Waals surface area contributed by atoms with Crippen molar-refractivity contribution in [2.75, 3.05) is 5.32 Å². The summed E-state index contributed by atoms with van der Waals surface area (Å²) in [5.74, 6) is -0.687. The number of nitrogens with one attached hydrogen (secondary N) is 1. The van der Waals surface area contributed by atoms with Crippen molar-refractivity contribution in [2.24, 2.45) is 7.05 Å². The molecule has 0 spiro atoms. The summed E-state index contributed by atoms with van der Waals surface area (Å²) >= 11 is 0. The van der Waals surface area contributed by atoms with E-state index in [1.807, 2.05) is 12.1 Å². The highest BCUT2D eigenvalue weighted by Crippen LogP contribution is 2.21. The van der Waals surface area contributed by atoms with Crippen molar-refractivity contribution in [1.29, 1.82) is 0 Å². The number of carbonyl (C=O) groups is 1. The van der Waals surface area contributed by atoms with Gasteiger partial charge in [-0.05, 0) is 41.5 Å². The second-order valence-electron chi connectivity index (χ2n) is 5.22. The van der Waals surface area contributed by atoms with Gasteiger partial charge in [0.05, 0.1) is 0 Å². The molecule has 3 aromatic rings. The molecule has 0 aliphatic rings. The third kappa shape index (κ3) is 3.38. The molecule has 3 rings (SSSR count). The maximum absolute atomic E-state index is 12.9. The summed E-state index contributed by atoms with van der Waals surface area (Å²) < 4.78 is 14.1. The second-order valence-corrected chi connectivity index (χ2v) is 5.22. The van der Waals surface area contributed by atoms with Crippen molar-refractivity contribution < 1.29 is 9.18 Å². The Morgan fingerprint density at radius 1 is 0.958 bits per heavy atom. The first-order valence-electron chi connectivity index (χ1n) is 7.25. The van der Waals surface area contributed by atoms with Gasteiger partial charge < -0.3 is 5.32 Å². The average Bonchev–Trinajstić information content (AvgIpc) is 2.59. The van der Waals surface area contributed by atoms with Gasteiger partial charge in [0.25, 0.3) is 11.5 Å². The molecule has 1 N–H and O–H groups in total. The number of hydrogen-bond donors (Lipinski definition) is 1. The highest BCUT2D eigenvalue weighted by Gasteiger charge is 2.09. The molecule has 5 nitrogen and oxygen atoms in total. The van der Waals surface area contributed by atoms with E-state index in [1.54, 1.807) is 24.3 Å². The summed E-state index contributed by atoms with van der Waals surface area (Å²) in [4.78, 5) is 23.4. The predicted molar refractivity (Wildman–Crippen MR) is 89.3 cm³/mol. The molecule has 0 saturated heterocycles. The van der Waals surface area contributed by atoms with Gasteiger partial charge in [-0.1, -0.05) is 24.3 Å². The van der Waals surface area contributed by atoms with Gasteiger partial charge in [-0.25, -0.2) is 9.07 Å². The quantitative estimate of drug-likeness (QED) is 0.806. The van der Waals surface area contributed by atoms with Gasteiger partial charge in [0.1, 0.15) is 11.5 Å². The van der Waals surface area contributed by atoms with E-state index in [-0.39, 0.29) is 17.1 Å². The van der Waals surface area contributed by atoms with Crippen LogP contribution in [0.15, 0.2) is 65.5 Å². The van der Waals surface area contributed by atoms with Crippen molar-refractivity contribution in [2.45, 2.75) is 0 Å². The Hall–Kier alpha value is -3.28. The lowest BCUT2D eigenvalue weighted by Crippen LogP contribution is -2.23. The van der Waals surface area contributed by atoms with Crippen LogP contribution < -0.4 is 10.9 Å². The van der Waals surface area contributed by atoms with Gasteiger partial charge in [-0.3, -0.25) is 9.59 Å². The van der Waals surface area contributed by atoms with E-state index in [0.717, 1.165) is 15.8 Å². The minimum Gasteiger partial charge on any atom is -0.321 e. The third-order valence-electron chi connectivity index (χ3n) is 3.51. The van der Waals surface area contributed by atoms with Gasteiger partial charge in [0, 0.05) is 18.8 Å². The summed E-state index contributed by atoms with van der Waals surface area (Å²) in [5, 5.41) is 6.61. The normalized spacial score (nSPS) is 10.4. The minimum atomic E-state index is -0.403. The monoisotopic (exact) mass is 323 g/mol. The van der Waals surface area contributed by atoms with E-state index in [4.69, 9.17) is 0 Å². The number of halogens is 1. The van der Waals surface area contributed by atoms with Gasteiger partial charge in [0.15, 0.2) is 0 Å². The van der Waals surface area contributed by atoms with Crippen LogP contribution in [0.1, 0.15) is 10.5 Å². The summed E-state index contributed by atoms with van der Waals surface area (Å²) in [5.41, 5.74) is 2.26. The molecule has 0 aliphatic heterocycles. The topological polar surface area (TPSA) is 64.0 Å². The van der Waals surface area contributed by atoms with Crippen LogP contribution in [0.25, 0.3) is 11.1 Å². The fourth-order valence-electron chi connectivity index (χ4n) is 2.21. The lowest BCUT2D eigenvalue weighted by Gasteiger charge is -2.07. The molecule has 2 aromatic carbocycles. The van der Waals surface area contributed by atoms with Crippen LogP contribution in [0.4, 0.5) is 10.1 Å². The Kier molecular flexibility index (Phi) is 4.20. The first kappa shape index (κ1) is 15.6. The lowest BCUT2D eigenvalue weighted by molar-refractivity contribution is 0.102. The molecule has 1 heterocycles. The zero-order valence-corrected chi connectivity index (χ0v) is 12.9. The Morgan fingerprint density at radius 2 is 1.54 bits per heavy atom. The molecule has 0 saturated carbocycles. The SMILES string of the molecule is Cn1nc(C(=O)Nc2ccc(-c3ccc(F)cc3)cc2)ccc1=O. The first-order chi connectivity index (χ1) is 11.5. The molecule has 6 heteroatoms. The van der Waals surface area contributed by atoms with Crippen LogP contribution in [0, 0.1) is 5.82 Å². The molecule has 1 aromatic heterocycles. The molecule has 0 fully saturated rings. The van der Waals surface area contributed by atoms with E-state index in [1.165, 1.54) is 31.3 Å². The summed E-state index contributed by atoms with van der Waals surface area (Å²) in [6.45, 7) is 0. The zero-order chi connectivity index (χ0) is 17.1. The van der Waals surface area contributed by atoms with Crippen molar-refractivity contribution in [3.05, 3.63) is 82.5 Å². The second kappa shape index (κ2) is 6.45. The first-order valence-corrected chi connectivity index (χ1v) is 7.25. The van der Waals surface area contributed by atoms with Crippen molar-refractivity contribution in [3.63, 3.8) is 0 Å². The number of aryl methyl sites for hydroxylation is 1. The van der Waals surface area contributed by atoms with Crippen LogP contribution >= 0.6 is 0 Å². The Bertz CT molecular complexity index is 932. The molecular formula is C18H14FN3O2. The number of amides is 1. The highest BCUT2D eigenvalue weighted by molar-refractivity contribution is 6.02. The van der Waals surface area contributed by atoms with Gasteiger partial charge in [-0.2, -0.15) is 5.10 Å². The van der Waals surface area contributed by atoms with Crippen molar-refractivity contribution in [3.8, 4) is 11.1 Å². The molecule has 0 atom stereocenters. The van der Waals surface area contributed by atoms with Crippen molar-refractivity contribution in [1.82, 2.24) is 9.78 Å². The molecule has 1 amide bonds. The van der Waals surface area contributed by atoms with E-state index in [2.05, 4.69) is 10.4 Å². The summed E-state index contributed by atoms with van der Waals surface area (Å²) in [6, 6.07) is 16.0. The minimum absolute atomic E-state index is 0.153. The van der Waals surface area contributed by atoms with Crippen LogP contribution in [-0.4, -0.2) is 15.7 Å². The predicted octanol–water partition coefficient (Wildman–Crippen LogP) is 2.84. The maximum Gasteiger partial charge on any atom is 0.276 e. The van der Waals surface area contributed by atoms with Crippen LogP contribution in [0.5, 0.6) is 0 Å². The van der Waals surface area contributed by atoms with Gasteiger partial charge in [0.2, 0.25) is 0 Å². The standard InChI is InChI=1S/C18H14FN3O2/c1-22-17(23)11-10-16(21-22)18(24)20-15-8-4-13(5-9-15)12-2-6-14(19)7-3-12/h2-11H,1H3,(H,20,24). The molecule has 24 heavy (non-hydrogen) atoms. The third-order valence-corrected chi connectivity index (χ3v) is 3.51. The molecule has 0 bridgehead atoms. The number of carbonyl (C=O) groups excluding carboxylic acids is 1. The smallest absolute Gasteiger partial charge is 0.276 e. The Balaban J connectivity index is 1.76. The largest absolute Gasteiger partial charge is 0.321 e. The summed E-state index contributed by atoms with van der Waals surface area (Å²) in [7, 11) is 1.48. The van der Waals surface area contributed by atoms with Crippen LogP contribution in [0.3, 0.4) is 0 Å². The van der Waals surface area contributed by atoms with Crippen molar-refractivity contribution >= 4 is 11.6 Å². The van der Waals surface area contributed by atoms with E-state index in [9.17, 15) is 14.0 Å². The Morgan fingerprint density at radius 3 is 2.12 bits per heavy atom.